The van der Waals surface area contributed by atoms with Crippen molar-refractivity contribution in [2.24, 2.45) is 0 Å². The van der Waals surface area contributed by atoms with E-state index in [-0.39, 0.29) is 0 Å². The lowest BCUT2D eigenvalue weighted by Crippen LogP contribution is -2.27. The average Bonchev–Trinajstić information content (AvgIpc) is 3.03. The molecule has 0 bridgehead atoms. The number of nitrogens with one attached hydrogen (secondary N) is 1. The number of aryl methyl sites for hydroxylation is 1. The summed E-state index contributed by atoms with van der Waals surface area (Å²) in [5.74, 6) is 1.17. The number of imidazole rings is 1. The van der Waals surface area contributed by atoms with E-state index in [1.54, 1.807) is 6.20 Å². The second-order valence-electron chi connectivity index (χ2n) is 6.68. The molecule has 0 aliphatic carbocycles. The summed E-state index contributed by atoms with van der Waals surface area (Å²) in [6.07, 6.45) is 11.8. The van der Waals surface area contributed by atoms with Crippen molar-refractivity contribution in [1.29, 1.82) is 0 Å². The number of likely N-dealkylation sites (N-methyl/N-ethyl adjacent to an activating group) is 1. The Hall–Kier alpha value is -2.11. The third kappa shape index (κ3) is 6.22. The Balaban J connectivity index is 2.26. The maximum atomic E-state index is 8.66. The molecule has 0 saturated carbocycles. The van der Waals surface area contributed by atoms with E-state index < -0.39 is 0 Å². The number of fused-ring (bicyclic) bond motifs is 1. The van der Waals surface area contributed by atoms with Gasteiger partial charge in [0.2, 0.25) is 0 Å². The number of aromatic nitrogens is 2. The predicted molar refractivity (Wildman–Crippen MR) is 113 cm³/mol. The standard InChI is InChI=1S/C22H34N4O/c1-4-7-8-9-12-22-24-20-18-19(11-10-15-23-27)13-14-21(20)26(22)17-16-25(5-2)6-3/h7-8,10,13-15,18,23,27H,4-6,9,11-12,16-17H2,1-3H3/b8-7?,15-10+. The molecule has 0 aliphatic rings. The van der Waals surface area contributed by atoms with Gasteiger partial charge in [0.25, 0.3) is 0 Å². The van der Waals surface area contributed by atoms with Crippen LogP contribution in [-0.2, 0) is 19.4 Å². The summed E-state index contributed by atoms with van der Waals surface area (Å²) >= 11 is 0. The molecule has 1 aromatic heterocycles. The fourth-order valence-corrected chi connectivity index (χ4v) is 3.32. The molecular weight excluding hydrogens is 336 g/mol. The molecule has 148 valence electrons. The van der Waals surface area contributed by atoms with Crippen LogP contribution in [0.15, 0.2) is 42.6 Å². The Morgan fingerprint density at radius 2 is 1.96 bits per heavy atom. The largest absolute Gasteiger partial charge is 0.327 e. The molecule has 0 fully saturated rings. The second kappa shape index (κ2) is 11.6. The lowest BCUT2D eigenvalue weighted by Gasteiger charge is -2.19. The number of hydrogen-bond donors (Lipinski definition) is 2. The van der Waals surface area contributed by atoms with Crippen LogP contribution in [0.1, 0.15) is 45.0 Å². The Bertz CT molecular complexity index is 744. The Morgan fingerprint density at radius 3 is 2.67 bits per heavy atom. The molecule has 0 spiro atoms. The maximum absolute atomic E-state index is 8.66. The molecule has 0 atom stereocenters. The van der Waals surface area contributed by atoms with Crippen molar-refractivity contribution in [1.82, 2.24) is 19.9 Å². The van der Waals surface area contributed by atoms with Gasteiger partial charge in [-0.2, -0.15) is 0 Å². The minimum atomic E-state index is 0.768. The number of hydrogen-bond acceptors (Lipinski definition) is 4. The highest BCUT2D eigenvalue weighted by Gasteiger charge is 2.12. The van der Waals surface area contributed by atoms with Crippen LogP contribution in [0.5, 0.6) is 0 Å². The van der Waals surface area contributed by atoms with Crippen molar-refractivity contribution >= 4 is 11.0 Å². The van der Waals surface area contributed by atoms with E-state index in [4.69, 9.17) is 10.2 Å². The van der Waals surface area contributed by atoms with E-state index in [0.29, 0.717) is 0 Å². The number of rotatable bonds is 12. The van der Waals surface area contributed by atoms with E-state index in [1.807, 2.05) is 11.6 Å². The fraction of sp³-hybridized carbons (Fsp3) is 0.500. The zero-order valence-corrected chi connectivity index (χ0v) is 17.0. The molecule has 0 saturated heterocycles. The molecule has 2 aromatic rings. The SMILES string of the molecule is CCC=CCCc1nc2cc(C/C=C/NO)ccc2n1CCN(CC)CC. The normalized spacial score (nSPS) is 12.2. The maximum Gasteiger partial charge on any atom is 0.110 e. The molecule has 0 aliphatic heterocycles. The van der Waals surface area contributed by atoms with E-state index in [0.717, 1.165) is 57.4 Å². The minimum Gasteiger partial charge on any atom is -0.327 e. The molecule has 2 rings (SSSR count). The van der Waals surface area contributed by atoms with Gasteiger partial charge < -0.3 is 9.47 Å². The molecule has 0 radical (unpaired) electrons. The predicted octanol–water partition coefficient (Wildman–Crippen LogP) is 4.31. The van der Waals surface area contributed by atoms with Gasteiger partial charge in [-0.3, -0.25) is 10.7 Å². The number of allylic oxidation sites excluding steroid dienone is 3. The van der Waals surface area contributed by atoms with Gasteiger partial charge in [0, 0.05) is 25.7 Å². The van der Waals surface area contributed by atoms with Crippen molar-refractivity contribution < 1.29 is 5.21 Å². The highest BCUT2D eigenvalue weighted by molar-refractivity contribution is 5.77. The molecular formula is C22H34N4O. The molecule has 5 nitrogen and oxygen atoms in total. The minimum absolute atomic E-state index is 0.768. The van der Waals surface area contributed by atoms with Crippen molar-refractivity contribution in [2.75, 3.05) is 19.6 Å². The van der Waals surface area contributed by atoms with Crippen molar-refractivity contribution in [2.45, 2.75) is 53.0 Å². The summed E-state index contributed by atoms with van der Waals surface area (Å²) in [5, 5.41) is 8.66. The fourth-order valence-electron chi connectivity index (χ4n) is 3.32. The monoisotopic (exact) mass is 370 g/mol. The smallest absolute Gasteiger partial charge is 0.110 e. The summed E-state index contributed by atoms with van der Waals surface area (Å²) in [5.41, 5.74) is 5.52. The molecule has 1 heterocycles. The molecule has 5 heteroatoms. The molecule has 27 heavy (non-hydrogen) atoms. The van der Waals surface area contributed by atoms with E-state index >= 15 is 0 Å². The van der Waals surface area contributed by atoms with Crippen LogP contribution >= 0.6 is 0 Å². The molecule has 1 aromatic carbocycles. The van der Waals surface area contributed by atoms with Crippen LogP contribution in [0.4, 0.5) is 0 Å². The summed E-state index contributed by atoms with van der Waals surface area (Å²) in [6, 6.07) is 6.50. The van der Waals surface area contributed by atoms with Gasteiger partial charge in [-0.1, -0.05) is 45.1 Å². The lowest BCUT2D eigenvalue weighted by atomic mass is 10.1. The van der Waals surface area contributed by atoms with Crippen molar-refractivity contribution in [3.05, 3.63) is 54.0 Å². The second-order valence-corrected chi connectivity index (χ2v) is 6.68. The first kappa shape index (κ1) is 21.2. The van der Waals surface area contributed by atoms with Crippen LogP contribution in [0.25, 0.3) is 11.0 Å². The van der Waals surface area contributed by atoms with Gasteiger partial charge in [-0.25, -0.2) is 4.98 Å². The highest BCUT2D eigenvalue weighted by Crippen LogP contribution is 2.20. The van der Waals surface area contributed by atoms with Gasteiger partial charge in [-0.05, 0) is 50.0 Å². The van der Waals surface area contributed by atoms with Gasteiger partial charge in [-0.15, -0.1) is 0 Å². The first-order valence-corrected chi connectivity index (χ1v) is 10.1. The van der Waals surface area contributed by atoms with E-state index in [2.05, 4.69) is 60.6 Å². The Morgan fingerprint density at radius 1 is 1.15 bits per heavy atom. The topological polar surface area (TPSA) is 53.3 Å². The Labute approximate surface area is 163 Å². The zero-order valence-electron chi connectivity index (χ0n) is 17.0. The summed E-state index contributed by atoms with van der Waals surface area (Å²) in [7, 11) is 0. The molecule has 2 N–H and O–H groups in total. The van der Waals surface area contributed by atoms with Crippen molar-refractivity contribution in [3.8, 4) is 0 Å². The first-order valence-electron chi connectivity index (χ1n) is 10.1. The van der Waals surface area contributed by atoms with Gasteiger partial charge >= 0.3 is 0 Å². The lowest BCUT2D eigenvalue weighted by molar-refractivity contribution is 0.214. The van der Waals surface area contributed by atoms with Gasteiger partial charge in [0.05, 0.1) is 11.0 Å². The summed E-state index contributed by atoms with van der Waals surface area (Å²) in [4.78, 5) is 7.40. The number of nitrogens with zero attached hydrogens (tertiary/aromatic N) is 3. The van der Waals surface area contributed by atoms with Crippen LogP contribution in [-0.4, -0.2) is 39.3 Å². The summed E-state index contributed by atoms with van der Waals surface area (Å²) in [6.45, 7) is 10.8. The summed E-state index contributed by atoms with van der Waals surface area (Å²) < 4.78 is 2.39. The van der Waals surface area contributed by atoms with E-state index in [1.165, 1.54) is 16.9 Å². The average molecular weight is 371 g/mol. The number of benzene rings is 1. The van der Waals surface area contributed by atoms with Crippen molar-refractivity contribution in [3.63, 3.8) is 0 Å². The zero-order chi connectivity index (χ0) is 19.5. The third-order valence-electron chi connectivity index (χ3n) is 4.91. The first-order chi connectivity index (χ1) is 13.2. The third-order valence-corrected chi connectivity index (χ3v) is 4.91. The van der Waals surface area contributed by atoms with E-state index in [9.17, 15) is 0 Å². The number of hydroxylamine groups is 1. The van der Waals surface area contributed by atoms with Crippen LogP contribution in [0.2, 0.25) is 0 Å². The highest BCUT2D eigenvalue weighted by atomic mass is 16.5. The van der Waals surface area contributed by atoms with Crippen LogP contribution in [0.3, 0.4) is 0 Å². The molecule has 0 amide bonds. The van der Waals surface area contributed by atoms with Crippen LogP contribution < -0.4 is 5.48 Å². The molecule has 0 unspecified atom stereocenters. The van der Waals surface area contributed by atoms with Gasteiger partial charge in [0.1, 0.15) is 5.82 Å². The Kier molecular flexibility index (Phi) is 9.08. The van der Waals surface area contributed by atoms with Crippen LogP contribution in [0, 0.1) is 0 Å². The van der Waals surface area contributed by atoms with Gasteiger partial charge in [0.15, 0.2) is 0 Å². The quantitative estimate of drug-likeness (QED) is 0.432.